The van der Waals surface area contributed by atoms with Crippen LogP contribution in [0.3, 0.4) is 0 Å². The molecule has 0 unspecified atom stereocenters. The molecule has 5 heteroatoms. The molecule has 0 bridgehead atoms. The maximum atomic E-state index is 10.8. The average molecular weight is 307 g/mol. The summed E-state index contributed by atoms with van der Waals surface area (Å²) in [4.78, 5) is 10.8. The van der Waals surface area contributed by atoms with Gasteiger partial charge in [0, 0.05) is 18.7 Å². The third-order valence-electron chi connectivity index (χ3n) is 3.04. The lowest BCUT2D eigenvalue weighted by atomic mass is 10.1. The Hall–Kier alpha value is -2.04. The second-order valence-electron chi connectivity index (χ2n) is 4.42. The van der Waals surface area contributed by atoms with Crippen LogP contribution in [0, 0.1) is 0 Å². The number of rotatable bonds is 6. The highest BCUT2D eigenvalue weighted by Crippen LogP contribution is 2.16. The Morgan fingerprint density at radius 1 is 1.10 bits per heavy atom. The SMILES string of the molecule is COc1ccccc1CNCc1ccc(C(=O)O)cc1.[Cl-]. The fraction of sp³-hybridized carbons (Fsp3) is 0.188. The van der Waals surface area contributed by atoms with E-state index in [2.05, 4.69) is 5.32 Å². The van der Waals surface area contributed by atoms with E-state index in [1.165, 1.54) is 0 Å². The quantitative estimate of drug-likeness (QED) is 0.768. The molecule has 0 aliphatic rings. The van der Waals surface area contributed by atoms with Crippen molar-refractivity contribution in [2.24, 2.45) is 0 Å². The molecule has 0 aliphatic heterocycles. The van der Waals surface area contributed by atoms with Crippen LogP contribution in [0.5, 0.6) is 5.75 Å². The van der Waals surface area contributed by atoms with Crippen LogP contribution in [0.15, 0.2) is 48.5 Å². The molecule has 0 fully saturated rings. The molecule has 21 heavy (non-hydrogen) atoms. The van der Waals surface area contributed by atoms with Crippen molar-refractivity contribution in [2.45, 2.75) is 13.1 Å². The van der Waals surface area contributed by atoms with Gasteiger partial charge in [-0.1, -0.05) is 30.3 Å². The van der Waals surface area contributed by atoms with Gasteiger partial charge in [0.1, 0.15) is 5.75 Å². The summed E-state index contributed by atoms with van der Waals surface area (Å²) < 4.78 is 5.28. The van der Waals surface area contributed by atoms with Crippen molar-refractivity contribution < 1.29 is 27.0 Å². The van der Waals surface area contributed by atoms with E-state index in [0.29, 0.717) is 18.7 Å². The summed E-state index contributed by atoms with van der Waals surface area (Å²) in [6.07, 6.45) is 0. The van der Waals surface area contributed by atoms with Crippen LogP contribution in [-0.2, 0) is 13.1 Å². The highest BCUT2D eigenvalue weighted by molar-refractivity contribution is 5.87. The van der Waals surface area contributed by atoms with E-state index in [4.69, 9.17) is 9.84 Å². The third kappa shape index (κ3) is 4.77. The Morgan fingerprint density at radius 2 is 1.76 bits per heavy atom. The van der Waals surface area contributed by atoms with Gasteiger partial charge in [0.15, 0.2) is 0 Å². The standard InChI is InChI=1S/C16H17NO3.ClH/c1-20-15-5-3-2-4-14(15)11-17-10-12-6-8-13(9-7-12)16(18)19;/h2-9,17H,10-11H2,1H3,(H,18,19);1H/p-1. The maximum Gasteiger partial charge on any atom is 0.335 e. The first-order valence-electron chi connectivity index (χ1n) is 6.35. The van der Waals surface area contributed by atoms with Crippen LogP contribution in [0.4, 0.5) is 0 Å². The number of ether oxygens (including phenoxy) is 1. The number of hydrogen-bond acceptors (Lipinski definition) is 3. The van der Waals surface area contributed by atoms with Crippen LogP contribution >= 0.6 is 0 Å². The number of carboxylic acid groups (broad SMARTS) is 1. The molecular weight excluding hydrogens is 290 g/mol. The Balaban J connectivity index is 0.00000220. The molecule has 2 aromatic carbocycles. The first kappa shape index (κ1) is 17.0. The van der Waals surface area contributed by atoms with Gasteiger partial charge in [0.2, 0.25) is 0 Å². The zero-order valence-corrected chi connectivity index (χ0v) is 12.4. The molecule has 0 radical (unpaired) electrons. The lowest BCUT2D eigenvalue weighted by molar-refractivity contribution is -0.0000199. The minimum absolute atomic E-state index is 0. The second kappa shape index (κ2) is 8.29. The molecule has 0 amide bonds. The van der Waals surface area contributed by atoms with Gasteiger partial charge in [-0.25, -0.2) is 4.79 Å². The summed E-state index contributed by atoms with van der Waals surface area (Å²) in [6.45, 7) is 1.38. The smallest absolute Gasteiger partial charge is 0.335 e. The van der Waals surface area contributed by atoms with Crippen LogP contribution in [0.2, 0.25) is 0 Å². The van der Waals surface area contributed by atoms with Crippen LogP contribution < -0.4 is 22.5 Å². The summed E-state index contributed by atoms with van der Waals surface area (Å²) in [5.41, 5.74) is 2.44. The molecule has 0 aromatic heterocycles. The van der Waals surface area contributed by atoms with Crippen LogP contribution in [0.1, 0.15) is 21.5 Å². The summed E-state index contributed by atoms with van der Waals surface area (Å²) in [7, 11) is 1.66. The van der Waals surface area contributed by atoms with Gasteiger partial charge in [-0.3, -0.25) is 0 Å². The number of aromatic carboxylic acids is 1. The normalized spacial score (nSPS) is 9.76. The minimum Gasteiger partial charge on any atom is -1.00 e. The third-order valence-corrected chi connectivity index (χ3v) is 3.04. The molecule has 0 atom stereocenters. The van der Waals surface area contributed by atoms with Crippen molar-refractivity contribution in [2.75, 3.05) is 7.11 Å². The molecule has 0 heterocycles. The van der Waals surface area contributed by atoms with Crippen molar-refractivity contribution in [3.8, 4) is 5.75 Å². The van der Waals surface area contributed by atoms with E-state index < -0.39 is 5.97 Å². The van der Waals surface area contributed by atoms with E-state index in [1.807, 2.05) is 36.4 Å². The van der Waals surface area contributed by atoms with Crippen LogP contribution in [-0.4, -0.2) is 18.2 Å². The topological polar surface area (TPSA) is 58.6 Å². The molecule has 0 aliphatic carbocycles. The molecular formula is C16H17ClNO3-. The first-order valence-corrected chi connectivity index (χ1v) is 6.35. The second-order valence-corrected chi connectivity index (χ2v) is 4.42. The van der Waals surface area contributed by atoms with Crippen molar-refractivity contribution in [1.82, 2.24) is 5.32 Å². The van der Waals surface area contributed by atoms with Crippen molar-refractivity contribution >= 4 is 5.97 Å². The maximum absolute atomic E-state index is 10.8. The zero-order valence-electron chi connectivity index (χ0n) is 11.7. The lowest BCUT2D eigenvalue weighted by Gasteiger charge is -2.09. The van der Waals surface area contributed by atoms with Gasteiger partial charge < -0.3 is 27.6 Å². The number of carbonyl (C=O) groups is 1. The van der Waals surface area contributed by atoms with Gasteiger partial charge in [0.05, 0.1) is 12.7 Å². The van der Waals surface area contributed by atoms with Gasteiger partial charge in [0.25, 0.3) is 0 Å². The van der Waals surface area contributed by atoms with Crippen molar-refractivity contribution in [3.63, 3.8) is 0 Å². The van der Waals surface area contributed by atoms with E-state index in [-0.39, 0.29) is 12.4 Å². The number of carboxylic acids is 1. The highest BCUT2D eigenvalue weighted by atomic mass is 35.5. The molecule has 112 valence electrons. The molecule has 0 saturated heterocycles. The lowest BCUT2D eigenvalue weighted by Crippen LogP contribution is -3.00. The Bertz CT molecular complexity index is 584. The summed E-state index contributed by atoms with van der Waals surface area (Å²) in [5, 5.41) is 12.1. The Labute approximate surface area is 130 Å². The fourth-order valence-corrected chi connectivity index (χ4v) is 1.96. The largest absolute Gasteiger partial charge is 1.00 e. The van der Waals surface area contributed by atoms with Gasteiger partial charge >= 0.3 is 5.97 Å². The number of nitrogens with one attached hydrogen (secondary N) is 1. The highest BCUT2D eigenvalue weighted by Gasteiger charge is 2.03. The van der Waals surface area contributed by atoms with E-state index >= 15 is 0 Å². The van der Waals surface area contributed by atoms with E-state index in [1.54, 1.807) is 19.2 Å². The first-order chi connectivity index (χ1) is 9.70. The number of hydrogen-bond donors (Lipinski definition) is 2. The van der Waals surface area contributed by atoms with Gasteiger partial charge in [-0.05, 0) is 23.8 Å². The molecule has 0 spiro atoms. The predicted octanol–water partition coefficient (Wildman–Crippen LogP) is -0.313. The number of para-hydroxylation sites is 1. The molecule has 2 aromatic rings. The number of halogens is 1. The molecule has 2 N–H and O–H groups in total. The summed E-state index contributed by atoms with van der Waals surface area (Å²) in [5.74, 6) is -0.0419. The predicted molar refractivity (Wildman–Crippen MR) is 76.9 cm³/mol. The van der Waals surface area contributed by atoms with Crippen molar-refractivity contribution in [1.29, 1.82) is 0 Å². The number of methoxy groups -OCH3 is 1. The average Bonchev–Trinajstić information content (AvgIpc) is 2.48. The molecule has 4 nitrogen and oxygen atoms in total. The van der Waals surface area contributed by atoms with Crippen molar-refractivity contribution in [3.05, 3.63) is 65.2 Å². The monoisotopic (exact) mass is 306 g/mol. The molecule has 0 saturated carbocycles. The van der Waals surface area contributed by atoms with Crippen LogP contribution in [0.25, 0.3) is 0 Å². The van der Waals surface area contributed by atoms with Gasteiger partial charge in [-0.15, -0.1) is 0 Å². The molecule has 2 rings (SSSR count). The zero-order chi connectivity index (χ0) is 14.4. The minimum atomic E-state index is -0.904. The van der Waals surface area contributed by atoms with Gasteiger partial charge in [-0.2, -0.15) is 0 Å². The fourth-order valence-electron chi connectivity index (χ4n) is 1.96. The summed E-state index contributed by atoms with van der Waals surface area (Å²) in [6, 6.07) is 14.7. The van der Waals surface area contributed by atoms with E-state index in [9.17, 15) is 4.79 Å². The number of benzene rings is 2. The summed E-state index contributed by atoms with van der Waals surface area (Å²) >= 11 is 0. The van der Waals surface area contributed by atoms with E-state index in [0.717, 1.165) is 16.9 Å². The Morgan fingerprint density at radius 3 is 2.38 bits per heavy atom. The Kier molecular flexibility index (Phi) is 6.72.